The number of nitrogens with one attached hydrogen (secondary N) is 2. The summed E-state index contributed by atoms with van der Waals surface area (Å²) >= 11 is 7.99. The predicted molar refractivity (Wildman–Crippen MR) is 75.0 cm³/mol. The fraction of sp³-hybridized carbons (Fsp3) is 0.364. The maximum atomic E-state index is 11.7. The van der Waals surface area contributed by atoms with E-state index < -0.39 is 0 Å². The van der Waals surface area contributed by atoms with Crippen molar-refractivity contribution in [3.8, 4) is 0 Å². The van der Waals surface area contributed by atoms with Crippen LogP contribution in [0.5, 0.6) is 0 Å². The first-order valence-electron chi connectivity index (χ1n) is 4.95. The van der Waals surface area contributed by atoms with E-state index in [1.165, 1.54) is 0 Å². The summed E-state index contributed by atoms with van der Waals surface area (Å²) in [5.74, 6) is -0.0725. The molecule has 1 amide bonds. The van der Waals surface area contributed by atoms with Crippen LogP contribution in [0.1, 0.15) is 17.3 Å². The minimum atomic E-state index is -0.0725. The molecular weight excluding hydrogens is 338 g/mol. The van der Waals surface area contributed by atoms with Gasteiger partial charge in [0.1, 0.15) is 0 Å². The van der Waals surface area contributed by atoms with E-state index in [1.54, 1.807) is 18.2 Å². The number of rotatable bonds is 4. The molecule has 0 heterocycles. The van der Waals surface area contributed by atoms with Crippen molar-refractivity contribution in [1.29, 1.82) is 0 Å². The van der Waals surface area contributed by atoms with Crippen molar-refractivity contribution >= 4 is 40.1 Å². The monoisotopic (exact) mass is 352 g/mol. The van der Waals surface area contributed by atoms with Crippen LogP contribution in [0, 0.1) is 3.57 Å². The minimum absolute atomic E-state index is 0.0725. The molecule has 1 aromatic rings. The minimum Gasteiger partial charge on any atom is -0.350 e. The van der Waals surface area contributed by atoms with Crippen LogP contribution in [-0.2, 0) is 0 Å². The number of hydrogen-bond donors (Lipinski definition) is 2. The van der Waals surface area contributed by atoms with Crippen molar-refractivity contribution in [2.24, 2.45) is 0 Å². The molecule has 0 aromatic heterocycles. The van der Waals surface area contributed by atoms with Gasteiger partial charge < -0.3 is 10.6 Å². The van der Waals surface area contributed by atoms with E-state index in [2.05, 4.69) is 33.2 Å². The van der Waals surface area contributed by atoms with Gasteiger partial charge in [-0.05, 0) is 54.8 Å². The highest BCUT2D eigenvalue weighted by Gasteiger charge is 2.08. The second kappa shape index (κ2) is 6.42. The molecule has 0 saturated heterocycles. The summed E-state index contributed by atoms with van der Waals surface area (Å²) in [5, 5.41) is 6.57. The van der Waals surface area contributed by atoms with Crippen molar-refractivity contribution in [3.63, 3.8) is 0 Å². The number of amides is 1. The van der Waals surface area contributed by atoms with E-state index in [0.717, 1.165) is 3.57 Å². The molecule has 0 spiro atoms. The average Bonchev–Trinajstić information content (AvgIpc) is 2.29. The van der Waals surface area contributed by atoms with E-state index in [0.29, 0.717) is 17.1 Å². The van der Waals surface area contributed by atoms with Gasteiger partial charge >= 0.3 is 0 Å². The van der Waals surface area contributed by atoms with E-state index >= 15 is 0 Å². The van der Waals surface area contributed by atoms with Gasteiger partial charge in [0.05, 0.1) is 5.02 Å². The number of benzene rings is 1. The molecule has 0 aliphatic carbocycles. The third-order valence-electron chi connectivity index (χ3n) is 2.24. The molecule has 1 atom stereocenters. The second-order valence-electron chi connectivity index (χ2n) is 3.53. The number of carbonyl (C=O) groups is 1. The molecule has 0 radical (unpaired) electrons. The molecule has 5 heteroatoms. The molecule has 0 bridgehead atoms. The zero-order valence-corrected chi connectivity index (χ0v) is 12.1. The molecule has 0 fully saturated rings. The van der Waals surface area contributed by atoms with Gasteiger partial charge in [-0.25, -0.2) is 0 Å². The fourth-order valence-electron chi connectivity index (χ4n) is 1.09. The van der Waals surface area contributed by atoms with Crippen LogP contribution in [0.4, 0.5) is 0 Å². The summed E-state index contributed by atoms with van der Waals surface area (Å²) in [6.45, 7) is 2.61. The first-order valence-corrected chi connectivity index (χ1v) is 6.40. The lowest BCUT2D eigenvalue weighted by Gasteiger charge is -2.11. The normalized spacial score (nSPS) is 12.2. The summed E-state index contributed by atoms with van der Waals surface area (Å²) in [6, 6.07) is 5.50. The first-order chi connectivity index (χ1) is 7.54. The molecular formula is C11H14ClIN2O. The third kappa shape index (κ3) is 3.92. The molecule has 1 rings (SSSR count). The Bertz CT molecular complexity index is 384. The summed E-state index contributed by atoms with van der Waals surface area (Å²) in [4.78, 5) is 11.7. The van der Waals surface area contributed by atoms with Gasteiger partial charge in [0.25, 0.3) is 5.91 Å². The smallest absolute Gasteiger partial charge is 0.251 e. The fourth-order valence-corrected chi connectivity index (χ4v) is 1.72. The van der Waals surface area contributed by atoms with Gasteiger partial charge in [0.15, 0.2) is 0 Å². The largest absolute Gasteiger partial charge is 0.350 e. The number of halogens is 2. The van der Waals surface area contributed by atoms with Gasteiger partial charge in [-0.2, -0.15) is 0 Å². The molecule has 16 heavy (non-hydrogen) atoms. The lowest BCUT2D eigenvalue weighted by Crippen LogP contribution is -2.37. The van der Waals surface area contributed by atoms with Crippen LogP contribution in [0.15, 0.2) is 18.2 Å². The molecule has 0 aliphatic heterocycles. The highest BCUT2D eigenvalue weighted by Crippen LogP contribution is 2.19. The van der Waals surface area contributed by atoms with Crippen molar-refractivity contribution < 1.29 is 4.79 Å². The maximum Gasteiger partial charge on any atom is 0.251 e. The lowest BCUT2D eigenvalue weighted by atomic mass is 10.2. The van der Waals surface area contributed by atoms with Crippen molar-refractivity contribution in [3.05, 3.63) is 32.4 Å². The van der Waals surface area contributed by atoms with Crippen LogP contribution >= 0.6 is 34.2 Å². The van der Waals surface area contributed by atoms with Crippen LogP contribution in [0.2, 0.25) is 5.02 Å². The molecule has 1 unspecified atom stereocenters. The van der Waals surface area contributed by atoms with Gasteiger partial charge in [0.2, 0.25) is 0 Å². The van der Waals surface area contributed by atoms with Gasteiger partial charge in [-0.3, -0.25) is 4.79 Å². The summed E-state index contributed by atoms with van der Waals surface area (Å²) in [5.41, 5.74) is 0.636. The topological polar surface area (TPSA) is 41.1 Å². The van der Waals surface area contributed by atoms with Crippen LogP contribution < -0.4 is 10.6 Å². The molecule has 1 aromatic carbocycles. The Balaban J connectivity index is 2.63. The van der Waals surface area contributed by atoms with E-state index in [-0.39, 0.29) is 11.9 Å². The lowest BCUT2D eigenvalue weighted by molar-refractivity contribution is 0.0950. The van der Waals surface area contributed by atoms with Crippen molar-refractivity contribution in [2.75, 3.05) is 13.6 Å². The molecule has 0 saturated carbocycles. The SMILES string of the molecule is CNC(C)CNC(=O)c1ccc(Cl)c(I)c1. The Morgan fingerprint density at radius 2 is 2.25 bits per heavy atom. The van der Waals surface area contributed by atoms with Crippen molar-refractivity contribution in [2.45, 2.75) is 13.0 Å². The zero-order chi connectivity index (χ0) is 12.1. The Kier molecular flexibility index (Phi) is 5.51. The molecule has 0 aliphatic rings. The second-order valence-corrected chi connectivity index (χ2v) is 5.10. The summed E-state index contributed by atoms with van der Waals surface area (Å²) in [6.07, 6.45) is 0. The Morgan fingerprint density at radius 3 is 2.81 bits per heavy atom. The molecule has 2 N–H and O–H groups in total. The highest BCUT2D eigenvalue weighted by atomic mass is 127. The number of hydrogen-bond acceptors (Lipinski definition) is 2. The third-order valence-corrected chi connectivity index (χ3v) is 3.78. The van der Waals surface area contributed by atoms with E-state index in [4.69, 9.17) is 11.6 Å². The Hall–Kier alpha value is -0.330. The van der Waals surface area contributed by atoms with Gasteiger partial charge in [-0.15, -0.1) is 0 Å². The van der Waals surface area contributed by atoms with Gasteiger partial charge in [0, 0.05) is 21.7 Å². The number of carbonyl (C=O) groups excluding carboxylic acids is 1. The quantitative estimate of drug-likeness (QED) is 0.816. The Labute approximate surface area is 114 Å². The van der Waals surface area contributed by atoms with Crippen molar-refractivity contribution in [1.82, 2.24) is 10.6 Å². The summed E-state index contributed by atoms with van der Waals surface area (Å²) < 4.78 is 0.883. The zero-order valence-electron chi connectivity index (χ0n) is 9.18. The van der Waals surface area contributed by atoms with E-state index in [1.807, 2.05) is 14.0 Å². The standard InChI is InChI=1S/C11H14ClIN2O/c1-7(14-2)6-15-11(16)8-3-4-9(12)10(13)5-8/h3-5,7,14H,6H2,1-2H3,(H,15,16). The van der Waals surface area contributed by atoms with Crippen LogP contribution in [0.3, 0.4) is 0 Å². The molecule has 88 valence electrons. The maximum absolute atomic E-state index is 11.7. The number of likely N-dealkylation sites (N-methyl/N-ethyl adjacent to an activating group) is 1. The van der Waals surface area contributed by atoms with Crippen LogP contribution in [-0.4, -0.2) is 25.5 Å². The first kappa shape index (κ1) is 13.7. The van der Waals surface area contributed by atoms with Gasteiger partial charge in [-0.1, -0.05) is 11.6 Å². The average molecular weight is 353 g/mol. The summed E-state index contributed by atoms with van der Waals surface area (Å²) in [7, 11) is 1.86. The highest BCUT2D eigenvalue weighted by molar-refractivity contribution is 14.1. The van der Waals surface area contributed by atoms with E-state index in [9.17, 15) is 4.79 Å². The Morgan fingerprint density at radius 1 is 1.56 bits per heavy atom. The predicted octanol–water partition coefficient (Wildman–Crippen LogP) is 2.28. The van der Waals surface area contributed by atoms with Crippen LogP contribution in [0.25, 0.3) is 0 Å². The molecule has 3 nitrogen and oxygen atoms in total.